The summed E-state index contributed by atoms with van der Waals surface area (Å²) in [6.07, 6.45) is -0.615. The maximum Gasteiger partial charge on any atom is 0.126 e. The molecule has 0 aliphatic heterocycles. The first-order chi connectivity index (χ1) is 8.52. The predicted molar refractivity (Wildman–Crippen MR) is 73.2 cm³/mol. The fraction of sp³-hybridized carbons (Fsp3) is 0.571. The smallest absolute Gasteiger partial charge is 0.126 e. The summed E-state index contributed by atoms with van der Waals surface area (Å²) < 4.78 is 5.31. The fourth-order valence-electron chi connectivity index (χ4n) is 2.15. The molecule has 1 unspecified atom stereocenters. The normalized spacial score (nSPS) is 12.6. The van der Waals surface area contributed by atoms with Gasteiger partial charge in [-0.05, 0) is 32.9 Å². The van der Waals surface area contributed by atoms with E-state index in [0.29, 0.717) is 12.3 Å². The summed E-state index contributed by atoms with van der Waals surface area (Å²) in [6, 6.07) is 5.91. The van der Waals surface area contributed by atoms with Crippen molar-refractivity contribution in [2.45, 2.75) is 32.9 Å². The number of aliphatic hydroxyl groups is 2. The van der Waals surface area contributed by atoms with Crippen LogP contribution in [0, 0.1) is 0 Å². The zero-order valence-corrected chi connectivity index (χ0v) is 11.6. The number of hydrogen-bond acceptors (Lipinski definition) is 4. The van der Waals surface area contributed by atoms with E-state index in [1.807, 2.05) is 18.2 Å². The highest BCUT2D eigenvalue weighted by molar-refractivity contribution is 5.60. The number of benzene rings is 1. The Morgan fingerprint density at radius 2 is 1.94 bits per heavy atom. The zero-order chi connectivity index (χ0) is 13.7. The molecule has 18 heavy (non-hydrogen) atoms. The molecule has 0 aliphatic carbocycles. The van der Waals surface area contributed by atoms with E-state index in [9.17, 15) is 5.11 Å². The van der Waals surface area contributed by atoms with Crippen molar-refractivity contribution in [1.29, 1.82) is 0 Å². The van der Waals surface area contributed by atoms with Crippen molar-refractivity contribution in [2.75, 3.05) is 25.2 Å². The molecule has 102 valence electrons. The van der Waals surface area contributed by atoms with Crippen molar-refractivity contribution in [1.82, 2.24) is 0 Å². The average molecular weight is 253 g/mol. The number of rotatable bonds is 6. The summed E-state index contributed by atoms with van der Waals surface area (Å²) in [5.74, 6) is 0.672. The van der Waals surface area contributed by atoms with Crippen LogP contribution in [-0.2, 0) is 0 Å². The van der Waals surface area contributed by atoms with E-state index in [1.165, 1.54) is 0 Å². The van der Waals surface area contributed by atoms with Gasteiger partial charge in [0.25, 0.3) is 0 Å². The molecule has 1 aromatic rings. The van der Waals surface area contributed by atoms with Crippen molar-refractivity contribution in [2.24, 2.45) is 0 Å². The molecule has 0 spiro atoms. The van der Waals surface area contributed by atoms with Crippen molar-refractivity contribution < 1.29 is 14.9 Å². The molecule has 1 atom stereocenters. The SMILES string of the molecule is COc1cccc(N(CCO)C(C)C)c1C(C)O. The molecule has 1 aromatic carbocycles. The van der Waals surface area contributed by atoms with Crippen LogP contribution in [0.4, 0.5) is 5.69 Å². The van der Waals surface area contributed by atoms with Gasteiger partial charge in [0.15, 0.2) is 0 Å². The summed E-state index contributed by atoms with van der Waals surface area (Å²) in [7, 11) is 1.59. The molecule has 2 N–H and O–H groups in total. The highest BCUT2D eigenvalue weighted by atomic mass is 16.5. The van der Waals surface area contributed by atoms with Crippen LogP contribution >= 0.6 is 0 Å². The standard InChI is InChI=1S/C14H23NO3/c1-10(2)15(8-9-16)12-6-5-7-13(18-4)14(12)11(3)17/h5-7,10-11,16-17H,8-9H2,1-4H3. The monoisotopic (exact) mass is 253 g/mol. The number of anilines is 1. The van der Waals surface area contributed by atoms with E-state index in [1.54, 1.807) is 14.0 Å². The quantitative estimate of drug-likeness (QED) is 0.813. The molecule has 0 heterocycles. The molecule has 1 rings (SSSR count). The number of nitrogens with zero attached hydrogens (tertiary/aromatic N) is 1. The Morgan fingerprint density at radius 1 is 1.28 bits per heavy atom. The van der Waals surface area contributed by atoms with Crippen molar-refractivity contribution in [3.63, 3.8) is 0 Å². The number of ether oxygens (including phenoxy) is 1. The first-order valence-corrected chi connectivity index (χ1v) is 6.25. The molecule has 4 heteroatoms. The molecular formula is C14H23NO3. The third kappa shape index (κ3) is 3.15. The van der Waals surface area contributed by atoms with Crippen molar-refractivity contribution in [3.8, 4) is 5.75 Å². The minimum Gasteiger partial charge on any atom is -0.496 e. The molecule has 0 saturated carbocycles. The third-order valence-electron chi connectivity index (χ3n) is 2.95. The van der Waals surface area contributed by atoms with E-state index in [0.717, 1.165) is 11.3 Å². The van der Waals surface area contributed by atoms with Crippen LogP contribution in [0.25, 0.3) is 0 Å². The largest absolute Gasteiger partial charge is 0.496 e. The molecule has 0 bridgehead atoms. The predicted octanol–water partition coefficient (Wildman–Crippen LogP) is 1.96. The average Bonchev–Trinajstić information content (AvgIpc) is 2.34. The Morgan fingerprint density at radius 3 is 2.39 bits per heavy atom. The van der Waals surface area contributed by atoms with Crippen LogP contribution < -0.4 is 9.64 Å². The number of hydrogen-bond donors (Lipinski definition) is 2. The lowest BCUT2D eigenvalue weighted by Gasteiger charge is -2.31. The summed E-state index contributed by atoms with van der Waals surface area (Å²) >= 11 is 0. The second-order valence-electron chi connectivity index (χ2n) is 4.58. The van der Waals surface area contributed by atoms with E-state index >= 15 is 0 Å². The minimum absolute atomic E-state index is 0.0780. The van der Waals surface area contributed by atoms with Crippen molar-refractivity contribution in [3.05, 3.63) is 23.8 Å². The molecule has 4 nitrogen and oxygen atoms in total. The number of aliphatic hydroxyl groups excluding tert-OH is 2. The van der Waals surface area contributed by atoms with Crippen LogP contribution in [0.3, 0.4) is 0 Å². The molecule has 0 radical (unpaired) electrons. The van der Waals surface area contributed by atoms with Gasteiger partial charge in [-0.15, -0.1) is 0 Å². The highest BCUT2D eigenvalue weighted by Crippen LogP contribution is 2.35. The van der Waals surface area contributed by atoms with Gasteiger partial charge >= 0.3 is 0 Å². The molecule has 0 fully saturated rings. The van der Waals surface area contributed by atoms with Gasteiger partial charge in [0.2, 0.25) is 0 Å². The molecule has 0 aliphatic rings. The van der Waals surface area contributed by atoms with Gasteiger partial charge in [0.1, 0.15) is 5.75 Å². The Bertz CT molecular complexity index is 377. The van der Waals surface area contributed by atoms with Crippen LogP contribution in [0.15, 0.2) is 18.2 Å². The van der Waals surface area contributed by atoms with E-state index < -0.39 is 6.10 Å². The van der Waals surface area contributed by atoms with Crippen molar-refractivity contribution >= 4 is 5.69 Å². The second kappa shape index (κ2) is 6.61. The maximum atomic E-state index is 9.95. The second-order valence-corrected chi connectivity index (χ2v) is 4.58. The van der Waals surface area contributed by atoms with Crippen LogP contribution in [-0.4, -0.2) is 36.5 Å². The zero-order valence-electron chi connectivity index (χ0n) is 11.6. The maximum absolute atomic E-state index is 9.95. The fourth-order valence-corrected chi connectivity index (χ4v) is 2.15. The van der Waals surface area contributed by atoms with E-state index in [4.69, 9.17) is 9.84 Å². The Balaban J connectivity index is 3.28. The van der Waals surface area contributed by atoms with Crippen LogP contribution in [0.2, 0.25) is 0 Å². The van der Waals surface area contributed by atoms with Gasteiger partial charge in [-0.1, -0.05) is 6.07 Å². The summed E-state index contributed by atoms with van der Waals surface area (Å²) in [5, 5.41) is 19.1. The molecular weight excluding hydrogens is 230 g/mol. The summed E-state index contributed by atoms with van der Waals surface area (Å²) in [4.78, 5) is 2.06. The minimum atomic E-state index is -0.615. The van der Waals surface area contributed by atoms with Crippen LogP contribution in [0.1, 0.15) is 32.4 Å². The van der Waals surface area contributed by atoms with E-state index in [-0.39, 0.29) is 12.6 Å². The van der Waals surface area contributed by atoms with Gasteiger partial charge in [-0.2, -0.15) is 0 Å². The lowest BCUT2D eigenvalue weighted by atomic mass is 10.0. The summed E-state index contributed by atoms with van der Waals surface area (Å²) in [6.45, 7) is 6.44. The van der Waals surface area contributed by atoms with Crippen LogP contribution in [0.5, 0.6) is 5.75 Å². The molecule has 0 amide bonds. The Labute approximate surface area is 109 Å². The lowest BCUT2D eigenvalue weighted by molar-refractivity contribution is 0.194. The molecule has 0 aromatic heterocycles. The van der Waals surface area contributed by atoms with Gasteiger partial charge in [-0.3, -0.25) is 0 Å². The highest BCUT2D eigenvalue weighted by Gasteiger charge is 2.20. The van der Waals surface area contributed by atoms with Gasteiger partial charge in [0.05, 0.1) is 19.8 Å². The summed E-state index contributed by atoms with van der Waals surface area (Å²) in [5.41, 5.74) is 1.68. The number of methoxy groups -OCH3 is 1. The Hall–Kier alpha value is -1.26. The van der Waals surface area contributed by atoms with Gasteiger partial charge < -0.3 is 19.8 Å². The first-order valence-electron chi connectivity index (χ1n) is 6.25. The lowest BCUT2D eigenvalue weighted by Crippen LogP contribution is -2.34. The molecule has 0 saturated heterocycles. The van der Waals surface area contributed by atoms with Gasteiger partial charge in [0, 0.05) is 23.8 Å². The van der Waals surface area contributed by atoms with Gasteiger partial charge in [-0.25, -0.2) is 0 Å². The van der Waals surface area contributed by atoms with E-state index in [2.05, 4.69) is 18.7 Å². The first kappa shape index (κ1) is 14.8. The Kier molecular flexibility index (Phi) is 5.44. The third-order valence-corrected chi connectivity index (χ3v) is 2.95. The topological polar surface area (TPSA) is 52.9 Å².